The van der Waals surface area contributed by atoms with Gasteiger partial charge in [0.05, 0.1) is 0 Å². The van der Waals surface area contributed by atoms with Crippen LogP contribution in [0.15, 0.2) is 16.8 Å². The minimum atomic E-state index is -1.08. The van der Waals surface area contributed by atoms with E-state index in [0.717, 1.165) is 23.3 Å². The maximum absolute atomic E-state index is 12.7. The molecule has 6 nitrogen and oxygen atoms in total. The van der Waals surface area contributed by atoms with Gasteiger partial charge in [0, 0.05) is 13.1 Å². The molecule has 1 aromatic heterocycles. The van der Waals surface area contributed by atoms with Crippen molar-refractivity contribution in [2.75, 3.05) is 19.6 Å². The third-order valence-corrected chi connectivity index (χ3v) is 5.49. The van der Waals surface area contributed by atoms with E-state index in [4.69, 9.17) is 0 Å². The first-order valence-corrected chi connectivity index (χ1v) is 8.80. The summed E-state index contributed by atoms with van der Waals surface area (Å²) in [5, 5.41) is 6.43. The molecule has 0 bridgehead atoms. The van der Waals surface area contributed by atoms with Gasteiger partial charge >= 0.3 is 6.03 Å². The van der Waals surface area contributed by atoms with E-state index in [2.05, 4.69) is 12.2 Å². The summed E-state index contributed by atoms with van der Waals surface area (Å²) in [6.07, 6.45) is 1.94. The van der Waals surface area contributed by atoms with Gasteiger partial charge in [-0.2, -0.15) is 11.3 Å². The molecular formula is C16H21N3O3S. The molecule has 2 aliphatic rings. The van der Waals surface area contributed by atoms with E-state index in [-0.39, 0.29) is 18.4 Å². The van der Waals surface area contributed by atoms with Gasteiger partial charge in [0.15, 0.2) is 0 Å². The van der Waals surface area contributed by atoms with E-state index in [0.29, 0.717) is 19.0 Å². The van der Waals surface area contributed by atoms with Crippen molar-refractivity contribution in [1.29, 1.82) is 0 Å². The standard InChI is InChI=1S/C16H21N3O3S/c1-11-3-6-18(7-4-11)13(20)9-19-14(21)16(2,17-15(19)22)12-5-8-23-10-12/h5,8,10-11H,3-4,6-7,9H2,1-2H3,(H,17,22). The van der Waals surface area contributed by atoms with Gasteiger partial charge in [0.1, 0.15) is 12.1 Å². The lowest BCUT2D eigenvalue weighted by molar-refractivity contribution is -0.139. The summed E-state index contributed by atoms with van der Waals surface area (Å²) in [6, 6.07) is 1.32. The Kier molecular flexibility index (Phi) is 4.14. The highest BCUT2D eigenvalue weighted by atomic mass is 32.1. The molecule has 2 aliphatic heterocycles. The number of hydrogen-bond acceptors (Lipinski definition) is 4. The predicted molar refractivity (Wildman–Crippen MR) is 86.9 cm³/mol. The van der Waals surface area contributed by atoms with Gasteiger partial charge in [-0.25, -0.2) is 4.79 Å². The molecule has 3 heterocycles. The van der Waals surface area contributed by atoms with Crippen LogP contribution in [-0.2, 0) is 15.1 Å². The number of thiophene rings is 1. The molecule has 1 aromatic rings. The van der Waals surface area contributed by atoms with Crippen molar-refractivity contribution in [3.05, 3.63) is 22.4 Å². The van der Waals surface area contributed by atoms with Crippen LogP contribution < -0.4 is 5.32 Å². The smallest absolute Gasteiger partial charge is 0.325 e. The SMILES string of the molecule is CC1CCN(C(=O)CN2C(=O)NC(C)(c3ccsc3)C2=O)CC1. The van der Waals surface area contributed by atoms with Gasteiger partial charge in [-0.15, -0.1) is 0 Å². The molecule has 0 aromatic carbocycles. The van der Waals surface area contributed by atoms with E-state index in [1.54, 1.807) is 11.8 Å². The van der Waals surface area contributed by atoms with Crippen LogP contribution in [0.2, 0.25) is 0 Å². The van der Waals surface area contributed by atoms with Crippen molar-refractivity contribution in [2.24, 2.45) is 5.92 Å². The molecular weight excluding hydrogens is 314 g/mol. The first kappa shape index (κ1) is 16.0. The number of rotatable bonds is 3. The average Bonchev–Trinajstić information content (AvgIpc) is 3.12. The number of carbonyl (C=O) groups is 3. The Hall–Kier alpha value is -1.89. The van der Waals surface area contributed by atoms with Crippen molar-refractivity contribution in [3.63, 3.8) is 0 Å². The highest BCUT2D eigenvalue weighted by Gasteiger charge is 2.49. The number of urea groups is 1. The Morgan fingerprint density at radius 3 is 2.70 bits per heavy atom. The topological polar surface area (TPSA) is 69.7 Å². The molecule has 2 fully saturated rings. The molecule has 0 radical (unpaired) electrons. The molecule has 1 N–H and O–H groups in total. The number of nitrogens with zero attached hydrogens (tertiary/aromatic N) is 2. The van der Waals surface area contributed by atoms with Crippen LogP contribution in [0.25, 0.3) is 0 Å². The third-order valence-electron chi connectivity index (χ3n) is 4.80. The summed E-state index contributed by atoms with van der Waals surface area (Å²) in [7, 11) is 0. The first-order chi connectivity index (χ1) is 10.9. The lowest BCUT2D eigenvalue weighted by Gasteiger charge is -2.31. The van der Waals surface area contributed by atoms with Gasteiger partial charge in [-0.1, -0.05) is 6.92 Å². The average molecular weight is 335 g/mol. The number of hydrogen-bond donors (Lipinski definition) is 1. The molecule has 0 aliphatic carbocycles. The second-order valence-electron chi connectivity index (χ2n) is 6.52. The summed E-state index contributed by atoms with van der Waals surface area (Å²) in [5.41, 5.74) is -0.323. The Balaban J connectivity index is 1.70. The molecule has 2 saturated heterocycles. The Labute approximate surface area is 139 Å². The van der Waals surface area contributed by atoms with Gasteiger partial charge < -0.3 is 10.2 Å². The molecule has 3 rings (SSSR count). The van der Waals surface area contributed by atoms with Crippen LogP contribution in [0.4, 0.5) is 4.79 Å². The fraction of sp³-hybridized carbons (Fsp3) is 0.562. The summed E-state index contributed by atoms with van der Waals surface area (Å²) in [5.74, 6) is 0.104. The van der Waals surface area contributed by atoms with Gasteiger partial charge in [0.25, 0.3) is 5.91 Å². The minimum absolute atomic E-state index is 0.157. The zero-order chi connectivity index (χ0) is 16.6. The molecule has 1 unspecified atom stereocenters. The molecule has 7 heteroatoms. The second-order valence-corrected chi connectivity index (χ2v) is 7.30. The number of amides is 4. The van der Waals surface area contributed by atoms with Crippen molar-refractivity contribution in [1.82, 2.24) is 15.1 Å². The fourth-order valence-electron chi connectivity index (χ4n) is 3.08. The van der Waals surface area contributed by atoms with Crippen LogP contribution in [0.3, 0.4) is 0 Å². The zero-order valence-electron chi connectivity index (χ0n) is 13.4. The molecule has 0 spiro atoms. The lowest BCUT2D eigenvalue weighted by Crippen LogP contribution is -2.46. The fourth-order valence-corrected chi connectivity index (χ4v) is 3.84. The summed E-state index contributed by atoms with van der Waals surface area (Å²) in [6.45, 7) is 5.07. The first-order valence-electron chi connectivity index (χ1n) is 7.86. The van der Waals surface area contributed by atoms with Gasteiger partial charge in [-0.05, 0) is 48.1 Å². The largest absolute Gasteiger partial charge is 0.341 e. The van der Waals surface area contributed by atoms with Crippen LogP contribution in [0.5, 0.6) is 0 Å². The quantitative estimate of drug-likeness (QED) is 0.856. The summed E-state index contributed by atoms with van der Waals surface area (Å²) < 4.78 is 0. The third kappa shape index (κ3) is 2.85. The molecule has 4 amide bonds. The van der Waals surface area contributed by atoms with Crippen molar-refractivity contribution in [2.45, 2.75) is 32.2 Å². The predicted octanol–water partition coefficient (Wildman–Crippen LogP) is 1.77. The molecule has 1 atom stereocenters. The Morgan fingerprint density at radius 1 is 1.39 bits per heavy atom. The van der Waals surface area contributed by atoms with Crippen LogP contribution in [0.1, 0.15) is 32.3 Å². The number of carbonyl (C=O) groups excluding carboxylic acids is 3. The number of likely N-dealkylation sites (tertiary alicyclic amines) is 1. The van der Waals surface area contributed by atoms with E-state index < -0.39 is 11.6 Å². The summed E-state index contributed by atoms with van der Waals surface area (Å²) >= 11 is 1.47. The summed E-state index contributed by atoms with van der Waals surface area (Å²) in [4.78, 5) is 40.1. The lowest BCUT2D eigenvalue weighted by atomic mass is 9.95. The number of piperidine rings is 1. The molecule has 124 valence electrons. The zero-order valence-corrected chi connectivity index (χ0v) is 14.2. The van der Waals surface area contributed by atoms with Gasteiger partial charge in [0.2, 0.25) is 5.91 Å². The van der Waals surface area contributed by atoms with Gasteiger partial charge in [-0.3, -0.25) is 14.5 Å². The van der Waals surface area contributed by atoms with E-state index in [1.807, 2.05) is 16.8 Å². The number of imide groups is 1. The van der Waals surface area contributed by atoms with Crippen molar-refractivity contribution >= 4 is 29.2 Å². The van der Waals surface area contributed by atoms with Crippen LogP contribution >= 0.6 is 11.3 Å². The minimum Gasteiger partial charge on any atom is -0.341 e. The Bertz CT molecular complexity index is 623. The van der Waals surface area contributed by atoms with E-state index in [1.165, 1.54) is 11.3 Å². The van der Waals surface area contributed by atoms with Crippen molar-refractivity contribution in [3.8, 4) is 0 Å². The maximum Gasteiger partial charge on any atom is 0.325 e. The van der Waals surface area contributed by atoms with Crippen LogP contribution in [0, 0.1) is 5.92 Å². The number of nitrogens with one attached hydrogen (secondary N) is 1. The van der Waals surface area contributed by atoms with E-state index >= 15 is 0 Å². The second kappa shape index (κ2) is 5.96. The van der Waals surface area contributed by atoms with Crippen LogP contribution in [-0.4, -0.2) is 47.3 Å². The van der Waals surface area contributed by atoms with Crippen molar-refractivity contribution < 1.29 is 14.4 Å². The molecule has 23 heavy (non-hydrogen) atoms. The van der Waals surface area contributed by atoms with E-state index in [9.17, 15) is 14.4 Å². The monoisotopic (exact) mass is 335 g/mol. The highest BCUT2D eigenvalue weighted by molar-refractivity contribution is 7.08. The normalized spacial score (nSPS) is 25.8. The molecule has 0 saturated carbocycles. The highest BCUT2D eigenvalue weighted by Crippen LogP contribution is 2.30. The maximum atomic E-state index is 12.7. The Morgan fingerprint density at radius 2 is 2.09 bits per heavy atom.